The maximum atomic E-state index is 11.8. The number of nitrogens with one attached hydrogen (secondary N) is 1. The Morgan fingerprint density at radius 2 is 1.84 bits per heavy atom. The second-order valence-corrected chi connectivity index (χ2v) is 7.71. The molecule has 4 heteroatoms. The monoisotopic (exact) mass is 344 g/mol. The lowest BCUT2D eigenvalue weighted by atomic mass is 9.73. The summed E-state index contributed by atoms with van der Waals surface area (Å²) < 4.78 is 4.94. The van der Waals surface area contributed by atoms with E-state index in [0.717, 1.165) is 19.3 Å². The Kier molecular flexibility index (Phi) is 6.49. The van der Waals surface area contributed by atoms with Crippen molar-refractivity contribution in [3.8, 4) is 0 Å². The highest BCUT2D eigenvalue weighted by atomic mass is 16.5. The molecule has 138 valence electrons. The molecule has 1 aliphatic heterocycles. The van der Waals surface area contributed by atoms with Crippen LogP contribution >= 0.6 is 0 Å². The summed E-state index contributed by atoms with van der Waals surface area (Å²) in [5.41, 5.74) is 1.71. The van der Waals surface area contributed by atoms with Gasteiger partial charge in [0.1, 0.15) is 6.61 Å². The number of amides is 1. The van der Waals surface area contributed by atoms with E-state index in [9.17, 15) is 4.79 Å². The van der Waals surface area contributed by atoms with E-state index in [1.807, 2.05) is 0 Å². The van der Waals surface area contributed by atoms with E-state index in [2.05, 4.69) is 40.5 Å². The number of likely N-dealkylation sites (tertiary alicyclic amines) is 1. The summed E-state index contributed by atoms with van der Waals surface area (Å²) in [6.45, 7) is 2.62. The lowest BCUT2D eigenvalue weighted by molar-refractivity contribution is -0.126. The minimum Gasteiger partial charge on any atom is -0.375 e. The standard InChI is InChI=1S/C21H32N2O2/c1-25-17-20(24)22-19-10-12-21(13-11-19,23-14-6-3-7-15-23)16-18-8-4-2-5-9-18/h2,4-5,8-9,19H,3,6-7,10-17H2,1H3,(H,22,24). The fourth-order valence-corrected chi connectivity index (χ4v) is 4.65. The Labute approximate surface area is 151 Å². The van der Waals surface area contributed by atoms with E-state index in [1.165, 1.54) is 50.8 Å². The van der Waals surface area contributed by atoms with Crippen LogP contribution in [-0.2, 0) is 16.0 Å². The SMILES string of the molecule is COCC(=O)NC1CCC(Cc2ccccc2)(N2CCCCC2)CC1. The summed E-state index contributed by atoms with van der Waals surface area (Å²) in [5.74, 6) is 0.0148. The minimum atomic E-state index is 0.0148. The number of rotatable bonds is 6. The lowest BCUT2D eigenvalue weighted by Crippen LogP contribution is -2.56. The van der Waals surface area contributed by atoms with Crippen LogP contribution in [0.3, 0.4) is 0 Å². The fourth-order valence-electron chi connectivity index (χ4n) is 4.65. The second-order valence-electron chi connectivity index (χ2n) is 7.71. The third-order valence-corrected chi connectivity index (χ3v) is 5.96. The van der Waals surface area contributed by atoms with Crippen LogP contribution in [0.5, 0.6) is 0 Å². The zero-order valence-corrected chi connectivity index (χ0v) is 15.5. The molecule has 1 aromatic carbocycles. The van der Waals surface area contributed by atoms with Crippen molar-refractivity contribution in [3.05, 3.63) is 35.9 Å². The van der Waals surface area contributed by atoms with Crippen LogP contribution in [0.2, 0.25) is 0 Å². The maximum Gasteiger partial charge on any atom is 0.246 e. The number of benzene rings is 1. The van der Waals surface area contributed by atoms with Crippen molar-refractivity contribution in [1.29, 1.82) is 0 Å². The van der Waals surface area contributed by atoms with Crippen molar-refractivity contribution in [1.82, 2.24) is 10.2 Å². The summed E-state index contributed by atoms with van der Waals surface area (Å²) >= 11 is 0. The van der Waals surface area contributed by atoms with E-state index < -0.39 is 0 Å². The van der Waals surface area contributed by atoms with Gasteiger partial charge in [0, 0.05) is 18.7 Å². The second kappa shape index (κ2) is 8.81. The fraction of sp³-hybridized carbons (Fsp3) is 0.667. The van der Waals surface area contributed by atoms with E-state index >= 15 is 0 Å². The highest BCUT2D eigenvalue weighted by Crippen LogP contribution is 2.38. The molecule has 0 spiro atoms. The number of piperidine rings is 1. The number of nitrogens with zero attached hydrogens (tertiary/aromatic N) is 1. The van der Waals surface area contributed by atoms with Crippen LogP contribution in [0, 0.1) is 0 Å². The van der Waals surface area contributed by atoms with Gasteiger partial charge < -0.3 is 10.1 Å². The van der Waals surface area contributed by atoms with Crippen molar-refractivity contribution in [3.63, 3.8) is 0 Å². The quantitative estimate of drug-likeness (QED) is 0.862. The van der Waals surface area contributed by atoms with Crippen LogP contribution in [-0.4, -0.2) is 49.2 Å². The predicted octanol–water partition coefficient (Wildman–Crippen LogP) is 3.16. The van der Waals surface area contributed by atoms with Crippen molar-refractivity contribution in [2.75, 3.05) is 26.8 Å². The molecule has 1 heterocycles. The molecule has 0 aromatic heterocycles. The average Bonchev–Trinajstić information content (AvgIpc) is 2.65. The van der Waals surface area contributed by atoms with Gasteiger partial charge in [0.15, 0.2) is 0 Å². The minimum absolute atomic E-state index is 0.0148. The highest BCUT2D eigenvalue weighted by molar-refractivity contribution is 5.77. The maximum absolute atomic E-state index is 11.8. The van der Waals surface area contributed by atoms with Gasteiger partial charge in [0.05, 0.1) is 0 Å². The first-order valence-corrected chi connectivity index (χ1v) is 9.79. The molecule has 0 unspecified atom stereocenters. The molecule has 1 amide bonds. The van der Waals surface area contributed by atoms with Gasteiger partial charge in [-0.2, -0.15) is 0 Å². The van der Waals surface area contributed by atoms with Crippen molar-refractivity contribution < 1.29 is 9.53 Å². The van der Waals surface area contributed by atoms with Crippen molar-refractivity contribution in [2.24, 2.45) is 0 Å². The predicted molar refractivity (Wildman–Crippen MR) is 101 cm³/mol. The number of methoxy groups -OCH3 is 1. The number of carbonyl (C=O) groups excluding carboxylic acids is 1. The van der Waals surface area contributed by atoms with Crippen molar-refractivity contribution in [2.45, 2.75) is 62.9 Å². The van der Waals surface area contributed by atoms with Crippen LogP contribution in [0.15, 0.2) is 30.3 Å². The molecule has 1 saturated carbocycles. The first-order valence-electron chi connectivity index (χ1n) is 9.79. The Morgan fingerprint density at radius 1 is 1.16 bits per heavy atom. The molecule has 2 fully saturated rings. The molecule has 0 radical (unpaired) electrons. The molecule has 1 aromatic rings. The zero-order chi connectivity index (χ0) is 17.5. The van der Waals surface area contributed by atoms with Gasteiger partial charge in [-0.1, -0.05) is 36.8 Å². The number of hydrogen-bond acceptors (Lipinski definition) is 3. The summed E-state index contributed by atoms with van der Waals surface area (Å²) in [5, 5.41) is 3.14. The van der Waals surface area contributed by atoms with E-state index in [4.69, 9.17) is 4.74 Å². The summed E-state index contributed by atoms with van der Waals surface area (Å²) in [7, 11) is 1.57. The van der Waals surface area contributed by atoms with Gasteiger partial charge in [0.2, 0.25) is 5.91 Å². The van der Waals surface area contributed by atoms with E-state index in [0.29, 0.717) is 6.04 Å². The Hall–Kier alpha value is -1.39. The normalized spacial score (nSPS) is 27.8. The number of carbonyl (C=O) groups is 1. The van der Waals surface area contributed by atoms with Crippen LogP contribution in [0.25, 0.3) is 0 Å². The summed E-state index contributed by atoms with van der Waals surface area (Å²) in [6.07, 6.45) is 9.62. The summed E-state index contributed by atoms with van der Waals surface area (Å²) in [4.78, 5) is 14.6. The zero-order valence-electron chi connectivity index (χ0n) is 15.5. The number of ether oxygens (including phenoxy) is 1. The molecule has 0 atom stereocenters. The third-order valence-electron chi connectivity index (χ3n) is 5.96. The van der Waals surface area contributed by atoms with Crippen LogP contribution in [0.1, 0.15) is 50.5 Å². The average molecular weight is 344 g/mol. The molecular weight excluding hydrogens is 312 g/mol. The number of hydrogen-bond donors (Lipinski definition) is 1. The van der Waals surface area contributed by atoms with E-state index in [1.54, 1.807) is 7.11 Å². The van der Waals surface area contributed by atoms with Gasteiger partial charge in [-0.05, 0) is 63.6 Å². The van der Waals surface area contributed by atoms with Gasteiger partial charge in [-0.15, -0.1) is 0 Å². The molecular formula is C21H32N2O2. The largest absolute Gasteiger partial charge is 0.375 e. The van der Waals surface area contributed by atoms with E-state index in [-0.39, 0.29) is 18.1 Å². The molecule has 1 aliphatic carbocycles. The van der Waals surface area contributed by atoms with Crippen LogP contribution < -0.4 is 5.32 Å². The first-order chi connectivity index (χ1) is 12.2. The van der Waals surface area contributed by atoms with Crippen LogP contribution in [0.4, 0.5) is 0 Å². The van der Waals surface area contributed by atoms with Gasteiger partial charge in [-0.3, -0.25) is 9.69 Å². The molecule has 3 rings (SSSR count). The van der Waals surface area contributed by atoms with Gasteiger partial charge in [-0.25, -0.2) is 0 Å². The Morgan fingerprint density at radius 3 is 2.48 bits per heavy atom. The molecule has 1 N–H and O–H groups in total. The smallest absolute Gasteiger partial charge is 0.246 e. The molecule has 4 nitrogen and oxygen atoms in total. The topological polar surface area (TPSA) is 41.6 Å². The highest BCUT2D eigenvalue weighted by Gasteiger charge is 2.40. The molecule has 2 aliphatic rings. The van der Waals surface area contributed by atoms with Gasteiger partial charge in [0.25, 0.3) is 0 Å². The van der Waals surface area contributed by atoms with Crippen molar-refractivity contribution >= 4 is 5.91 Å². The Balaban J connectivity index is 1.67. The first kappa shape index (κ1) is 18.4. The summed E-state index contributed by atoms with van der Waals surface area (Å²) in [6, 6.07) is 11.2. The Bertz CT molecular complexity index is 532. The lowest BCUT2D eigenvalue weighted by Gasteiger charge is -2.50. The molecule has 25 heavy (non-hydrogen) atoms. The third kappa shape index (κ3) is 4.83. The molecule has 1 saturated heterocycles. The van der Waals surface area contributed by atoms with Gasteiger partial charge >= 0.3 is 0 Å². The molecule has 0 bridgehead atoms.